The van der Waals surface area contributed by atoms with Crippen LogP contribution in [-0.2, 0) is 25.7 Å². The average Bonchev–Trinajstić information content (AvgIpc) is 3.24. The Morgan fingerprint density at radius 3 is 2.72 bits per heavy atom. The number of nitrogens with zero attached hydrogens (tertiary/aromatic N) is 3. The fourth-order valence-corrected chi connectivity index (χ4v) is 4.62. The minimum Gasteiger partial charge on any atom is -0.368 e. The summed E-state index contributed by atoms with van der Waals surface area (Å²) in [6, 6.07) is 6.00. The Kier molecular flexibility index (Phi) is 6.77. The van der Waals surface area contributed by atoms with Crippen molar-refractivity contribution in [3.8, 4) is 0 Å². The third kappa shape index (κ3) is 5.14. The molecule has 0 unspecified atom stereocenters. The molecule has 1 aromatic heterocycles. The zero-order valence-corrected chi connectivity index (χ0v) is 17.0. The summed E-state index contributed by atoms with van der Waals surface area (Å²) in [7, 11) is 0. The lowest BCUT2D eigenvalue weighted by atomic mass is 9.94. The van der Waals surface area contributed by atoms with Gasteiger partial charge in [0.2, 0.25) is 5.91 Å². The Hall–Kier alpha value is -1.99. The highest BCUT2D eigenvalue weighted by atomic mass is 16.5. The number of pyridine rings is 1. The summed E-state index contributed by atoms with van der Waals surface area (Å²) in [6.45, 7) is 2.07. The van der Waals surface area contributed by atoms with Crippen LogP contribution in [0.5, 0.6) is 0 Å². The van der Waals surface area contributed by atoms with Crippen molar-refractivity contribution in [2.75, 3.05) is 26.2 Å². The van der Waals surface area contributed by atoms with Crippen LogP contribution in [0.1, 0.15) is 50.6 Å². The van der Waals surface area contributed by atoms with Gasteiger partial charge in [0.1, 0.15) is 6.10 Å². The second-order valence-corrected chi connectivity index (χ2v) is 8.31. The maximum Gasteiger partial charge on any atom is 0.252 e. The first-order valence-corrected chi connectivity index (χ1v) is 10.9. The van der Waals surface area contributed by atoms with Gasteiger partial charge in [0.15, 0.2) is 0 Å². The van der Waals surface area contributed by atoms with Crippen LogP contribution < -0.4 is 0 Å². The summed E-state index contributed by atoms with van der Waals surface area (Å²) in [4.78, 5) is 34.0. The molecule has 1 aromatic rings. The van der Waals surface area contributed by atoms with Crippen molar-refractivity contribution in [3.63, 3.8) is 0 Å². The molecule has 0 radical (unpaired) electrons. The van der Waals surface area contributed by atoms with E-state index >= 15 is 0 Å². The molecule has 2 saturated heterocycles. The highest BCUT2D eigenvalue weighted by Crippen LogP contribution is 2.25. The topological polar surface area (TPSA) is 72.0 Å². The molecule has 1 aliphatic carbocycles. The SMILES string of the molecule is O=C([C@@H]1CCCO1)N1CC(=O)N(C2CCCCC2)C[C@H](OCc2ccccn2)C1. The molecule has 7 nitrogen and oxygen atoms in total. The highest BCUT2D eigenvalue weighted by molar-refractivity contribution is 5.87. The molecule has 3 heterocycles. The predicted octanol–water partition coefficient (Wildman–Crippen LogP) is 2.15. The normalized spacial score (nSPS) is 26.6. The Bertz CT molecular complexity index is 687. The first-order chi connectivity index (χ1) is 14.2. The fourth-order valence-electron chi connectivity index (χ4n) is 4.62. The smallest absolute Gasteiger partial charge is 0.252 e. The number of ether oxygens (including phenoxy) is 2. The molecule has 158 valence electrons. The minimum absolute atomic E-state index is 0.0344. The number of rotatable bonds is 5. The maximum atomic E-state index is 13.1. The van der Waals surface area contributed by atoms with E-state index in [0.717, 1.165) is 44.2 Å². The molecule has 3 fully saturated rings. The number of amides is 2. The molecule has 29 heavy (non-hydrogen) atoms. The van der Waals surface area contributed by atoms with Gasteiger partial charge in [-0.2, -0.15) is 0 Å². The van der Waals surface area contributed by atoms with Crippen LogP contribution in [0.3, 0.4) is 0 Å². The summed E-state index contributed by atoms with van der Waals surface area (Å²) >= 11 is 0. The summed E-state index contributed by atoms with van der Waals surface area (Å²) in [6.07, 6.45) is 8.37. The Morgan fingerprint density at radius 1 is 1.14 bits per heavy atom. The molecule has 3 aliphatic rings. The van der Waals surface area contributed by atoms with Gasteiger partial charge in [0, 0.05) is 31.9 Å². The first kappa shape index (κ1) is 20.3. The molecule has 0 N–H and O–H groups in total. The molecule has 2 amide bonds. The van der Waals surface area contributed by atoms with Crippen LogP contribution >= 0.6 is 0 Å². The number of hydrogen-bond donors (Lipinski definition) is 0. The summed E-state index contributed by atoms with van der Waals surface area (Å²) in [5, 5.41) is 0. The van der Waals surface area contributed by atoms with Gasteiger partial charge < -0.3 is 19.3 Å². The molecule has 0 spiro atoms. The standard InChI is InChI=1S/C22H31N3O4/c26-21-15-24(22(27)20-10-6-12-28-20)13-19(29-16-17-7-4-5-11-23-17)14-25(21)18-8-2-1-3-9-18/h4-5,7,11,18-20H,1-3,6,8-10,12-16H2/t19-,20+/m1/s1. The third-order valence-electron chi connectivity index (χ3n) is 6.20. The van der Waals surface area contributed by atoms with Gasteiger partial charge in [-0.15, -0.1) is 0 Å². The van der Waals surface area contributed by atoms with Crippen molar-refractivity contribution in [1.29, 1.82) is 0 Å². The van der Waals surface area contributed by atoms with Gasteiger partial charge in [0.05, 0.1) is 24.9 Å². The van der Waals surface area contributed by atoms with E-state index in [9.17, 15) is 9.59 Å². The van der Waals surface area contributed by atoms with Crippen LogP contribution in [-0.4, -0.2) is 71.1 Å². The van der Waals surface area contributed by atoms with Gasteiger partial charge in [-0.05, 0) is 37.8 Å². The van der Waals surface area contributed by atoms with Crippen molar-refractivity contribution in [2.24, 2.45) is 0 Å². The van der Waals surface area contributed by atoms with Crippen LogP contribution in [0, 0.1) is 0 Å². The molecular weight excluding hydrogens is 370 g/mol. The maximum absolute atomic E-state index is 13.1. The number of aromatic nitrogens is 1. The van der Waals surface area contributed by atoms with E-state index in [2.05, 4.69) is 4.98 Å². The Balaban J connectivity index is 1.48. The molecule has 7 heteroatoms. The monoisotopic (exact) mass is 401 g/mol. The molecule has 0 aromatic carbocycles. The van der Waals surface area contributed by atoms with E-state index in [0.29, 0.717) is 26.3 Å². The van der Waals surface area contributed by atoms with Crippen molar-refractivity contribution >= 4 is 11.8 Å². The van der Waals surface area contributed by atoms with Crippen molar-refractivity contribution in [3.05, 3.63) is 30.1 Å². The van der Waals surface area contributed by atoms with E-state index < -0.39 is 6.10 Å². The van der Waals surface area contributed by atoms with Crippen molar-refractivity contribution in [2.45, 2.75) is 69.8 Å². The summed E-state index contributed by atoms with van der Waals surface area (Å²) in [5.41, 5.74) is 0.851. The summed E-state index contributed by atoms with van der Waals surface area (Å²) < 4.78 is 11.8. The first-order valence-electron chi connectivity index (χ1n) is 10.9. The molecule has 1 saturated carbocycles. The zero-order valence-electron chi connectivity index (χ0n) is 17.0. The second-order valence-electron chi connectivity index (χ2n) is 8.31. The molecule has 2 atom stereocenters. The lowest BCUT2D eigenvalue weighted by Gasteiger charge is -2.34. The third-order valence-corrected chi connectivity index (χ3v) is 6.20. The number of carbonyl (C=O) groups excluding carboxylic acids is 2. The Labute approximate surface area is 172 Å². The molecule has 4 rings (SSSR count). The highest BCUT2D eigenvalue weighted by Gasteiger charge is 2.37. The number of hydrogen-bond acceptors (Lipinski definition) is 5. The summed E-state index contributed by atoms with van der Waals surface area (Å²) in [5.74, 6) is -0.0417. The van der Waals surface area contributed by atoms with Crippen LogP contribution in [0.15, 0.2) is 24.4 Å². The number of carbonyl (C=O) groups is 2. The van der Waals surface area contributed by atoms with Gasteiger partial charge in [0.25, 0.3) is 5.91 Å². The second kappa shape index (κ2) is 9.67. The van der Waals surface area contributed by atoms with E-state index in [4.69, 9.17) is 9.47 Å². The van der Waals surface area contributed by atoms with Crippen molar-refractivity contribution in [1.82, 2.24) is 14.8 Å². The van der Waals surface area contributed by atoms with Crippen LogP contribution in [0.4, 0.5) is 0 Å². The molecule has 2 aliphatic heterocycles. The minimum atomic E-state index is -0.416. The van der Waals surface area contributed by atoms with E-state index in [1.165, 1.54) is 6.42 Å². The lowest BCUT2D eigenvalue weighted by Crippen LogP contribution is -2.46. The average molecular weight is 402 g/mol. The van der Waals surface area contributed by atoms with Gasteiger partial charge in [-0.25, -0.2) is 0 Å². The van der Waals surface area contributed by atoms with Crippen LogP contribution in [0.25, 0.3) is 0 Å². The lowest BCUT2D eigenvalue weighted by molar-refractivity contribution is -0.146. The molecule has 0 bridgehead atoms. The van der Waals surface area contributed by atoms with Gasteiger partial charge >= 0.3 is 0 Å². The van der Waals surface area contributed by atoms with Crippen molar-refractivity contribution < 1.29 is 19.1 Å². The van der Waals surface area contributed by atoms with E-state index in [1.807, 2.05) is 23.1 Å². The van der Waals surface area contributed by atoms with E-state index in [1.54, 1.807) is 11.1 Å². The van der Waals surface area contributed by atoms with Gasteiger partial charge in [-0.1, -0.05) is 25.3 Å². The quantitative estimate of drug-likeness (QED) is 0.756. The van der Waals surface area contributed by atoms with Gasteiger partial charge in [-0.3, -0.25) is 14.6 Å². The fraction of sp³-hybridized carbons (Fsp3) is 0.682. The largest absolute Gasteiger partial charge is 0.368 e. The predicted molar refractivity (Wildman–Crippen MR) is 107 cm³/mol. The molecular formula is C22H31N3O4. The Morgan fingerprint density at radius 2 is 2.00 bits per heavy atom. The van der Waals surface area contributed by atoms with Crippen LogP contribution in [0.2, 0.25) is 0 Å². The zero-order chi connectivity index (χ0) is 20.1. The van der Waals surface area contributed by atoms with E-state index in [-0.39, 0.29) is 30.5 Å².